The van der Waals surface area contributed by atoms with E-state index in [0.717, 1.165) is 6.07 Å². The molecule has 0 aliphatic carbocycles. The molecule has 0 amide bonds. The molecule has 0 fully saturated rings. The second-order valence-electron chi connectivity index (χ2n) is 2.94. The number of nitrogens with zero attached hydrogens (tertiary/aromatic N) is 2. The molecule has 0 spiro atoms. The first-order valence-electron chi connectivity index (χ1n) is 4.21. The van der Waals surface area contributed by atoms with Gasteiger partial charge in [-0.25, -0.2) is 0 Å². The minimum Gasteiger partial charge on any atom is -0.506 e. The van der Waals surface area contributed by atoms with Crippen LogP contribution in [-0.2, 0) is 0 Å². The molecule has 0 radical (unpaired) electrons. The second-order valence-corrected chi connectivity index (χ2v) is 3.38. The van der Waals surface area contributed by atoms with E-state index in [-0.39, 0.29) is 5.75 Å². The van der Waals surface area contributed by atoms with Crippen molar-refractivity contribution in [2.45, 2.75) is 0 Å². The highest BCUT2D eigenvalue weighted by Crippen LogP contribution is 2.11. The van der Waals surface area contributed by atoms with Crippen molar-refractivity contribution in [3.05, 3.63) is 51.9 Å². The van der Waals surface area contributed by atoms with Crippen molar-refractivity contribution in [1.29, 1.82) is 0 Å². The second kappa shape index (κ2) is 3.74. The van der Waals surface area contributed by atoms with E-state index >= 15 is 0 Å². The Morgan fingerprint density at radius 1 is 1.27 bits per heavy atom. The van der Waals surface area contributed by atoms with Crippen LogP contribution in [0.4, 0.5) is 0 Å². The molecule has 2 aromatic rings. The lowest BCUT2D eigenvalue weighted by atomic mass is 10.3. The van der Waals surface area contributed by atoms with E-state index in [0.29, 0.717) is 10.7 Å². The number of rotatable bonds is 1. The van der Waals surface area contributed by atoms with Crippen LogP contribution in [0.3, 0.4) is 0 Å². The average Bonchev–Trinajstić information content (AvgIpc) is 2.20. The number of halogens is 1. The van der Waals surface area contributed by atoms with E-state index < -0.39 is 5.56 Å². The van der Waals surface area contributed by atoms with Gasteiger partial charge in [0.2, 0.25) is 0 Å². The molecule has 0 saturated heterocycles. The number of hydrogen-bond acceptors (Lipinski definition) is 3. The predicted octanol–water partition coefficient (Wildman–Crippen LogP) is 1.59. The van der Waals surface area contributed by atoms with Crippen molar-refractivity contribution in [2.24, 2.45) is 0 Å². The quantitative estimate of drug-likeness (QED) is 0.797. The van der Waals surface area contributed by atoms with E-state index in [1.807, 2.05) is 0 Å². The fourth-order valence-electron chi connectivity index (χ4n) is 1.17. The maximum Gasteiger partial charge on any atom is 0.275 e. The summed E-state index contributed by atoms with van der Waals surface area (Å²) in [6.45, 7) is 0. The molecule has 0 unspecified atom stereocenters. The Morgan fingerprint density at radius 2 is 1.93 bits per heavy atom. The van der Waals surface area contributed by atoms with E-state index in [2.05, 4.69) is 5.10 Å². The molecular weight excluding hydrogens is 216 g/mol. The Balaban J connectivity index is 2.55. The van der Waals surface area contributed by atoms with Crippen molar-refractivity contribution in [1.82, 2.24) is 9.78 Å². The third-order valence-electron chi connectivity index (χ3n) is 1.86. The summed E-state index contributed by atoms with van der Waals surface area (Å²) < 4.78 is 1.18. The lowest BCUT2D eigenvalue weighted by Crippen LogP contribution is -2.19. The number of aromatic nitrogens is 2. The van der Waals surface area contributed by atoms with Gasteiger partial charge in [-0.05, 0) is 24.3 Å². The van der Waals surface area contributed by atoms with Crippen molar-refractivity contribution in [3.63, 3.8) is 0 Å². The Hall–Kier alpha value is -1.81. The minimum absolute atomic E-state index is 0.148. The van der Waals surface area contributed by atoms with Crippen molar-refractivity contribution < 1.29 is 5.11 Å². The van der Waals surface area contributed by atoms with Crippen LogP contribution in [-0.4, -0.2) is 14.9 Å². The molecule has 76 valence electrons. The smallest absolute Gasteiger partial charge is 0.275 e. The van der Waals surface area contributed by atoms with Gasteiger partial charge in [0.25, 0.3) is 5.56 Å². The van der Waals surface area contributed by atoms with Gasteiger partial charge in [-0.2, -0.15) is 9.78 Å². The zero-order chi connectivity index (χ0) is 10.8. The Bertz CT molecular complexity index is 534. The molecule has 1 aromatic carbocycles. The van der Waals surface area contributed by atoms with Crippen LogP contribution in [0.1, 0.15) is 0 Å². The van der Waals surface area contributed by atoms with E-state index in [1.165, 1.54) is 10.9 Å². The van der Waals surface area contributed by atoms with Gasteiger partial charge < -0.3 is 5.11 Å². The molecule has 4 nitrogen and oxygen atoms in total. The standard InChI is InChI=1S/C10H7ClN2O2/c11-7-1-3-8(4-2-7)13-10(15)5-9(14)6-12-13/h1-6,14H. The molecule has 1 N–H and O–H groups in total. The van der Waals surface area contributed by atoms with E-state index in [4.69, 9.17) is 16.7 Å². The number of benzene rings is 1. The lowest BCUT2D eigenvalue weighted by molar-refractivity contribution is 0.467. The molecule has 0 bridgehead atoms. The topological polar surface area (TPSA) is 55.1 Å². The zero-order valence-corrected chi connectivity index (χ0v) is 8.35. The number of aromatic hydroxyl groups is 1. The first-order valence-corrected chi connectivity index (χ1v) is 4.59. The largest absolute Gasteiger partial charge is 0.506 e. The maximum atomic E-state index is 11.4. The third kappa shape index (κ3) is 1.99. The Morgan fingerprint density at radius 3 is 2.53 bits per heavy atom. The molecule has 15 heavy (non-hydrogen) atoms. The third-order valence-corrected chi connectivity index (χ3v) is 2.11. The maximum absolute atomic E-state index is 11.4. The molecule has 0 aliphatic rings. The highest BCUT2D eigenvalue weighted by molar-refractivity contribution is 6.30. The van der Waals surface area contributed by atoms with Crippen LogP contribution in [0.15, 0.2) is 41.3 Å². The van der Waals surface area contributed by atoms with Crippen LogP contribution in [0.2, 0.25) is 5.02 Å². The molecule has 0 atom stereocenters. The molecule has 1 aromatic heterocycles. The molecular formula is C10H7ClN2O2. The zero-order valence-electron chi connectivity index (χ0n) is 7.59. The molecule has 0 saturated carbocycles. The highest BCUT2D eigenvalue weighted by atomic mass is 35.5. The van der Waals surface area contributed by atoms with Gasteiger partial charge in [-0.1, -0.05) is 11.6 Å². The fourth-order valence-corrected chi connectivity index (χ4v) is 1.30. The molecule has 2 rings (SSSR count). The van der Waals surface area contributed by atoms with Crippen LogP contribution in [0, 0.1) is 0 Å². The van der Waals surface area contributed by atoms with Gasteiger partial charge in [0.05, 0.1) is 11.9 Å². The monoisotopic (exact) mass is 222 g/mol. The van der Waals surface area contributed by atoms with Crippen molar-refractivity contribution in [2.75, 3.05) is 0 Å². The molecule has 5 heteroatoms. The van der Waals surface area contributed by atoms with E-state index in [1.54, 1.807) is 24.3 Å². The SMILES string of the molecule is O=c1cc(O)cnn1-c1ccc(Cl)cc1. The molecule has 0 aliphatic heterocycles. The minimum atomic E-state index is -0.391. The number of hydrogen-bond donors (Lipinski definition) is 1. The van der Waals surface area contributed by atoms with Crippen molar-refractivity contribution >= 4 is 11.6 Å². The van der Waals surface area contributed by atoms with Gasteiger partial charge in [0.15, 0.2) is 0 Å². The van der Waals surface area contributed by atoms with Gasteiger partial charge in [-0.15, -0.1) is 0 Å². The Labute approximate surface area is 90.4 Å². The summed E-state index contributed by atoms with van der Waals surface area (Å²) in [5, 5.41) is 13.4. The highest BCUT2D eigenvalue weighted by Gasteiger charge is 2.01. The summed E-state index contributed by atoms with van der Waals surface area (Å²) in [6, 6.07) is 7.78. The normalized spacial score (nSPS) is 10.2. The van der Waals surface area contributed by atoms with Gasteiger partial charge in [0, 0.05) is 11.1 Å². The first kappa shape index (κ1) is 9.73. The summed E-state index contributed by atoms with van der Waals surface area (Å²) in [6.07, 6.45) is 1.20. The lowest BCUT2D eigenvalue weighted by Gasteiger charge is -2.03. The summed E-state index contributed by atoms with van der Waals surface area (Å²) >= 11 is 5.72. The summed E-state index contributed by atoms with van der Waals surface area (Å²) in [4.78, 5) is 11.4. The van der Waals surface area contributed by atoms with Gasteiger partial charge in [-0.3, -0.25) is 4.79 Å². The predicted molar refractivity (Wildman–Crippen MR) is 56.5 cm³/mol. The average molecular weight is 223 g/mol. The van der Waals surface area contributed by atoms with Crippen LogP contribution in [0.5, 0.6) is 5.75 Å². The Kier molecular flexibility index (Phi) is 2.43. The summed E-state index contributed by atoms with van der Waals surface area (Å²) in [5.41, 5.74) is 0.210. The van der Waals surface area contributed by atoms with Crippen LogP contribution >= 0.6 is 11.6 Å². The van der Waals surface area contributed by atoms with E-state index in [9.17, 15) is 4.79 Å². The first-order chi connectivity index (χ1) is 7.16. The van der Waals surface area contributed by atoms with Crippen LogP contribution < -0.4 is 5.56 Å². The summed E-state index contributed by atoms with van der Waals surface area (Å²) in [5.74, 6) is -0.148. The van der Waals surface area contributed by atoms with Gasteiger partial charge >= 0.3 is 0 Å². The van der Waals surface area contributed by atoms with Gasteiger partial charge in [0.1, 0.15) is 5.75 Å². The summed E-state index contributed by atoms with van der Waals surface area (Å²) in [7, 11) is 0. The van der Waals surface area contributed by atoms with Crippen LogP contribution in [0.25, 0.3) is 5.69 Å². The molecule has 1 heterocycles. The van der Waals surface area contributed by atoms with Crippen molar-refractivity contribution in [3.8, 4) is 11.4 Å². The fraction of sp³-hybridized carbons (Fsp3) is 0.